The Hall–Kier alpha value is -2.02. The SMILES string of the molecule is COc1cccc(-c2nnc(SCC(=O)N3CCC[C@H](C)C3)o2)c1. The fourth-order valence-corrected chi connectivity index (χ4v) is 3.44. The highest BCUT2D eigenvalue weighted by molar-refractivity contribution is 7.99. The van der Waals surface area contributed by atoms with Crippen LogP contribution in [0, 0.1) is 5.92 Å². The highest BCUT2D eigenvalue weighted by Crippen LogP contribution is 2.26. The number of ether oxygens (including phenoxy) is 1. The van der Waals surface area contributed by atoms with Crippen LogP contribution in [-0.4, -0.2) is 47.0 Å². The van der Waals surface area contributed by atoms with E-state index in [9.17, 15) is 4.79 Å². The van der Waals surface area contributed by atoms with Gasteiger partial charge in [0.1, 0.15) is 5.75 Å². The molecule has 2 heterocycles. The molecule has 0 radical (unpaired) electrons. The first-order valence-corrected chi connectivity index (χ1v) is 9.03. The van der Waals surface area contributed by atoms with Crippen molar-refractivity contribution in [3.8, 4) is 17.2 Å². The number of rotatable bonds is 5. The quantitative estimate of drug-likeness (QED) is 0.774. The Labute approximate surface area is 145 Å². The maximum absolute atomic E-state index is 12.3. The summed E-state index contributed by atoms with van der Waals surface area (Å²) in [5.41, 5.74) is 0.796. The van der Waals surface area contributed by atoms with Crippen LogP contribution in [-0.2, 0) is 4.79 Å². The Morgan fingerprint density at radius 3 is 3.12 bits per heavy atom. The van der Waals surface area contributed by atoms with Crippen molar-refractivity contribution < 1.29 is 13.9 Å². The summed E-state index contributed by atoms with van der Waals surface area (Å²) in [5, 5.41) is 8.47. The van der Waals surface area contributed by atoms with Crippen molar-refractivity contribution in [2.45, 2.75) is 25.0 Å². The molecule has 1 fully saturated rings. The molecule has 0 saturated carbocycles. The van der Waals surface area contributed by atoms with E-state index >= 15 is 0 Å². The fourth-order valence-electron chi connectivity index (χ4n) is 2.77. The molecule has 0 unspecified atom stereocenters. The predicted molar refractivity (Wildman–Crippen MR) is 92.0 cm³/mol. The van der Waals surface area contributed by atoms with Crippen LogP contribution in [0.15, 0.2) is 33.9 Å². The first kappa shape index (κ1) is 16.8. The lowest BCUT2D eigenvalue weighted by Gasteiger charge is -2.30. The van der Waals surface area contributed by atoms with E-state index in [1.807, 2.05) is 29.2 Å². The van der Waals surface area contributed by atoms with Crippen LogP contribution >= 0.6 is 11.8 Å². The monoisotopic (exact) mass is 347 g/mol. The van der Waals surface area contributed by atoms with E-state index in [-0.39, 0.29) is 5.91 Å². The number of thioether (sulfide) groups is 1. The minimum atomic E-state index is 0.132. The minimum absolute atomic E-state index is 0.132. The number of hydrogen-bond donors (Lipinski definition) is 0. The van der Waals surface area contributed by atoms with E-state index in [0.29, 0.717) is 22.8 Å². The summed E-state index contributed by atoms with van der Waals surface area (Å²) >= 11 is 1.29. The first-order valence-electron chi connectivity index (χ1n) is 8.04. The number of hydrogen-bond acceptors (Lipinski definition) is 6. The summed E-state index contributed by atoms with van der Waals surface area (Å²) in [6, 6.07) is 7.44. The van der Waals surface area contributed by atoms with Gasteiger partial charge in [-0.15, -0.1) is 10.2 Å². The van der Waals surface area contributed by atoms with Crippen molar-refractivity contribution in [2.24, 2.45) is 5.92 Å². The smallest absolute Gasteiger partial charge is 0.277 e. The number of benzene rings is 1. The van der Waals surface area contributed by atoms with Crippen LogP contribution in [0.1, 0.15) is 19.8 Å². The zero-order chi connectivity index (χ0) is 16.9. The van der Waals surface area contributed by atoms with Crippen molar-refractivity contribution in [3.05, 3.63) is 24.3 Å². The standard InChI is InChI=1S/C17H21N3O3S/c1-12-5-4-8-20(10-12)15(21)11-24-17-19-18-16(23-17)13-6-3-7-14(9-13)22-2/h3,6-7,9,12H,4-5,8,10-11H2,1-2H3/t12-/m0/s1. The molecular weight excluding hydrogens is 326 g/mol. The number of methoxy groups -OCH3 is 1. The third-order valence-corrected chi connectivity index (χ3v) is 4.86. The van der Waals surface area contributed by atoms with Crippen molar-refractivity contribution in [2.75, 3.05) is 26.0 Å². The van der Waals surface area contributed by atoms with Gasteiger partial charge in [0.15, 0.2) is 0 Å². The van der Waals surface area contributed by atoms with Crippen LogP contribution in [0.3, 0.4) is 0 Å². The Balaban J connectivity index is 1.58. The third kappa shape index (κ3) is 4.08. The Kier molecular flexibility index (Phi) is 5.40. The molecular formula is C17H21N3O3S. The number of likely N-dealkylation sites (tertiary alicyclic amines) is 1. The average molecular weight is 347 g/mol. The molecule has 1 aliphatic rings. The summed E-state index contributed by atoms with van der Waals surface area (Å²) < 4.78 is 10.8. The lowest BCUT2D eigenvalue weighted by atomic mass is 10.0. The average Bonchev–Trinajstić information content (AvgIpc) is 3.09. The second-order valence-electron chi connectivity index (χ2n) is 5.98. The number of piperidine rings is 1. The molecule has 1 atom stereocenters. The molecule has 6 nitrogen and oxygen atoms in total. The first-order chi connectivity index (χ1) is 11.7. The molecule has 1 saturated heterocycles. The van der Waals surface area contributed by atoms with Crippen molar-refractivity contribution in [1.29, 1.82) is 0 Å². The molecule has 3 rings (SSSR count). The van der Waals surface area contributed by atoms with Gasteiger partial charge in [0.05, 0.1) is 12.9 Å². The van der Waals surface area contributed by atoms with Gasteiger partial charge in [0.25, 0.3) is 5.22 Å². The van der Waals surface area contributed by atoms with Gasteiger partial charge in [-0.3, -0.25) is 4.79 Å². The zero-order valence-electron chi connectivity index (χ0n) is 13.9. The highest BCUT2D eigenvalue weighted by Gasteiger charge is 2.21. The summed E-state index contributed by atoms with van der Waals surface area (Å²) in [6.45, 7) is 3.88. The molecule has 2 aromatic rings. The zero-order valence-corrected chi connectivity index (χ0v) is 14.7. The van der Waals surface area contributed by atoms with Gasteiger partial charge in [-0.05, 0) is 37.0 Å². The molecule has 1 aromatic heterocycles. The molecule has 24 heavy (non-hydrogen) atoms. The van der Waals surface area contributed by atoms with E-state index < -0.39 is 0 Å². The van der Waals surface area contributed by atoms with Crippen molar-refractivity contribution in [1.82, 2.24) is 15.1 Å². The lowest BCUT2D eigenvalue weighted by molar-refractivity contribution is -0.130. The maximum atomic E-state index is 12.3. The van der Waals surface area contributed by atoms with Crippen LogP contribution in [0.5, 0.6) is 5.75 Å². The van der Waals surface area contributed by atoms with Gasteiger partial charge in [-0.2, -0.15) is 0 Å². The Morgan fingerprint density at radius 2 is 2.33 bits per heavy atom. The van der Waals surface area contributed by atoms with E-state index in [2.05, 4.69) is 17.1 Å². The van der Waals surface area contributed by atoms with Gasteiger partial charge in [0, 0.05) is 18.7 Å². The molecule has 1 amide bonds. The molecule has 0 spiro atoms. The van der Waals surface area contributed by atoms with E-state index in [0.717, 1.165) is 30.8 Å². The van der Waals surface area contributed by atoms with Crippen LogP contribution in [0.2, 0.25) is 0 Å². The third-order valence-electron chi connectivity index (χ3n) is 4.05. The summed E-state index contributed by atoms with van der Waals surface area (Å²) in [7, 11) is 1.61. The number of aromatic nitrogens is 2. The van der Waals surface area contributed by atoms with E-state index in [4.69, 9.17) is 9.15 Å². The summed E-state index contributed by atoms with van der Waals surface area (Å²) in [5.74, 6) is 2.19. The molecule has 1 aliphatic heterocycles. The largest absolute Gasteiger partial charge is 0.497 e. The number of carbonyl (C=O) groups is 1. The molecule has 0 bridgehead atoms. The second-order valence-corrected chi connectivity index (χ2v) is 6.91. The molecule has 1 aromatic carbocycles. The van der Waals surface area contributed by atoms with Crippen molar-refractivity contribution >= 4 is 17.7 Å². The van der Waals surface area contributed by atoms with Gasteiger partial charge in [-0.1, -0.05) is 24.8 Å². The number of carbonyl (C=O) groups excluding carboxylic acids is 1. The van der Waals surface area contributed by atoms with Gasteiger partial charge >= 0.3 is 0 Å². The second kappa shape index (κ2) is 7.70. The summed E-state index contributed by atoms with van der Waals surface area (Å²) in [6.07, 6.45) is 2.28. The topological polar surface area (TPSA) is 68.5 Å². The fraction of sp³-hybridized carbons (Fsp3) is 0.471. The van der Waals surface area contributed by atoms with E-state index in [1.54, 1.807) is 7.11 Å². The Morgan fingerprint density at radius 1 is 1.46 bits per heavy atom. The lowest BCUT2D eigenvalue weighted by Crippen LogP contribution is -2.40. The van der Waals surface area contributed by atoms with Gasteiger partial charge in [0.2, 0.25) is 11.8 Å². The molecule has 0 aliphatic carbocycles. The Bertz CT molecular complexity index is 704. The molecule has 7 heteroatoms. The normalized spacial score (nSPS) is 17.8. The minimum Gasteiger partial charge on any atom is -0.497 e. The van der Waals surface area contributed by atoms with E-state index in [1.165, 1.54) is 18.2 Å². The summed E-state index contributed by atoms with van der Waals surface area (Å²) in [4.78, 5) is 14.2. The number of nitrogens with zero attached hydrogens (tertiary/aromatic N) is 3. The van der Waals surface area contributed by atoms with Gasteiger partial charge in [-0.25, -0.2) is 0 Å². The van der Waals surface area contributed by atoms with Crippen molar-refractivity contribution in [3.63, 3.8) is 0 Å². The molecule has 0 N–H and O–H groups in total. The van der Waals surface area contributed by atoms with Crippen LogP contribution < -0.4 is 4.74 Å². The predicted octanol–water partition coefficient (Wildman–Crippen LogP) is 3.10. The van der Waals surface area contributed by atoms with Gasteiger partial charge < -0.3 is 14.1 Å². The maximum Gasteiger partial charge on any atom is 0.277 e. The number of amides is 1. The van der Waals surface area contributed by atoms with Crippen LogP contribution in [0.25, 0.3) is 11.5 Å². The van der Waals surface area contributed by atoms with Crippen LogP contribution in [0.4, 0.5) is 0 Å². The highest BCUT2D eigenvalue weighted by atomic mass is 32.2. The molecule has 128 valence electrons.